The number of rotatable bonds is 3. The van der Waals surface area contributed by atoms with Crippen LogP contribution >= 0.6 is 11.8 Å². The zero-order valence-corrected chi connectivity index (χ0v) is 10.8. The second-order valence-corrected chi connectivity index (χ2v) is 5.43. The lowest BCUT2D eigenvalue weighted by atomic mass is 10.3. The van der Waals surface area contributed by atoms with Gasteiger partial charge in [-0.05, 0) is 31.2 Å². The van der Waals surface area contributed by atoms with Gasteiger partial charge >= 0.3 is 0 Å². The van der Waals surface area contributed by atoms with Crippen LogP contribution in [0.4, 0.5) is 0 Å². The molecule has 3 aromatic rings. The number of nitrogens with zero attached hydrogens (tertiary/aromatic N) is 2. The summed E-state index contributed by atoms with van der Waals surface area (Å²) >= 11 is 1.71. The Morgan fingerprint density at radius 3 is 2.72 bits per heavy atom. The van der Waals surface area contributed by atoms with Crippen LogP contribution in [0.2, 0.25) is 0 Å². The molecule has 0 saturated heterocycles. The molecule has 4 heteroatoms. The molecule has 0 spiro atoms. The van der Waals surface area contributed by atoms with E-state index in [0.717, 1.165) is 21.9 Å². The van der Waals surface area contributed by atoms with E-state index in [4.69, 9.17) is 0 Å². The van der Waals surface area contributed by atoms with E-state index in [9.17, 15) is 0 Å². The van der Waals surface area contributed by atoms with Crippen molar-refractivity contribution in [2.24, 2.45) is 0 Å². The molecule has 0 bridgehead atoms. The van der Waals surface area contributed by atoms with Crippen LogP contribution in [0.5, 0.6) is 0 Å². The highest BCUT2D eigenvalue weighted by atomic mass is 32.2. The van der Waals surface area contributed by atoms with Gasteiger partial charge in [0.25, 0.3) is 0 Å². The summed E-state index contributed by atoms with van der Waals surface area (Å²) in [5, 5.41) is 1.28. The first kappa shape index (κ1) is 11.3. The lowest BCUT2D eigenvalue weighted by molar-refractivity contribution is 0.964. The number of hydrogen-bond donors (Lipinski definition) is 1. The summed E-state index contributed by atoms with van der Waals surface area (Å²) in [5.74, 6) is 0.992. The third-order valence-corrected chi connectivity index (χ3v) is 3.79. The van der Waals surface area contributed by atoms with Crippen LogP contribution < -0.4 is 0 Å². The van der Waals surface area contributed by atoms with E-state index in [2.05, 4.69) is 21.9 Å². The summed E-state index contributed by atoms with van der Waals surface area (Å²) in [6.07, 6.45) is 1.81. The first-order valence-electron chi connectivity index (χ1n) is 5.85. The second kappa shape index (κ2) is 4.82. The second-order valence-electron chi connectivity index (χ2n) is 4.07. The number of aromatic nitrogens is 3. The number of nitrogens with one attached hydrogen (secondary N) is 1. The summed E-state index contributed by atoms with van der Waals surface area (Å²) in [6, 6.07) is 14.0. The third kappa shape index (κ3) is 2.24. The molecule has 1 N–H and O–H groups in total. The van der Waals surface area contributed by atoms with Crippen LogP contribution in [0.3, 0.4) is 0 Å². The molecule has 18 heavy (non-hydrogen) atoms. The lowest BCUT2D eigenvalue weighted by Crippen LogP contribution is -1.91. The van der Waals surface area contributed by atoms with Crippen molar-refractivity contribution in [2.75, 3.05) is 0 Å². The van der Waals surface area contributed by atoms with Gasteiger partial charge in [-0.2, -0.15) is 0 Å². The average Bonchev–Trinajstić information content (AvgIpc) is 2.84. The SMILES string of the molecule is CC(Sc1ccccn1)c1nc2ccccc2[nH]1. The van der Waals surface area contributed by atoms with Crippen LogP contribution in [0.1, 0.15) is 18.0 Å². The molecule has 1 aromatic carbocycles. The molecule has 3 nitrogen and oxygen atoms in total. The Kier molecular flexibility index (Phi) is 3.02. The zero-order valence-electron chi connectivity index (χ0n) is 10.00. The molecule has 0 fully saturated rings. The lowest BCUT2D eigenvalue weighted by Gasteiger charge is -2.06. The minimum atomic E-state index is 0.257. The highest BCUT2D eigenvalue weighted by Crippen LogP contribution is 2.32. The van der Waals surface area contributed by atoms with Gasteiger partial charge in [0, 0.05) is 6.20 Å². The van der Waals surface area contributed by atoms with Crippen molar-refractivity contribution in [1.29, 1.82) is 0 Å². The zero-order chi connectivity index (χ0) is 12.4. The maximum absolute atomic E-state index is 4.60. The topological polar surface area (TPSA) is 41.6 Å². The van der Waals surface area contributed by atoms with E-state index in [1.807, 2.05) is 48.7 Å². The van der Waals surface area contributed by atoms with Gasteiger partial charge in [-0.1, -0.05) is 30.0 Å². The number of H-pyrrole nitrogens is 1. The molecular formula is C14H13N3S. The smallest absolute Gasteiger partial charge is 0.120 e. The monoisotopic (exact) mass is 255 g/mol. The van der Waals surface area contributed by atoms with Crippen molar-refractivity contribution in [1.82, 2.24) is 15.0 Å². The maximum Gasteiger partial charge on any atom is 0.120 e. The average molecular weight is 255 g/mol. The number of thioether (sulfide) groups is 1. The van der Waals surface area contributed by atoms with Crippen molar-refractivity contribution >= 4 is 22.8 Å². The fourth-order valence-electron chi connectivity index (χ4n) is 1.82. The first-order valence-corrected chi connectivity index (χ1v) is 6.73. The molecule has 1 unspecified atom stereocenters. The molecule has 0 aliphatic heterocycles. The van der Waals surface area contributed by atoms with Crippen LogP contribution in [0, 0.1) is 0 Å². The van der Waals surface area contributed by atoms with E-state index in [1.165, 1.54) is 0 Å². The van der Waals surface area contributed by atoms with Gasteiger partial charge in [0.15, 0.2) is 0 Å². The summed E-state index contributed by atoms with van der Waals surface area (Å²) in [6.45, 7) is 2.14. The largest absolute Gasteiger partial charge is 0.341 e. The number of benzene rings is 1. The normalized spacial score (nSPS) is 12.7. The molecule has 0 aliphatic rings. The fourth-order valence-corrected chi connectivity index (χ4v) is 2.68. The van der Waals surface area contributed by atoms with Gasteiger partial charge in [-0.3, -0.25) is 0 Å². The molecule has 90 valence electrons. The van der Waals surface area contributed by atoms with Crippen LogP contribution in [-0.2, 0) is 0 Å². The summed E-state index contributed by atoms with van der Waals surface area (Å²) in [5.41, 5.74) is 2.10. The van der Waals surface area contributed by atoms with Crippen molar-refractivity contribution < 1.29 is 0 Å². The minimum Gasteiger partial charge on any atom is -0.341 e. The molecule has 2 aromatic heterocycles. The van der Waals surface area contributed by atoms with Gasteiger partial charge in [0.1, 0.15) is 5.82 Å². The molecular weight excluding hydrogens is 242 g/mol. The Morgan fingerprint density at radius 2 is 1.94 bits per heavy atom. The molecule has 0 amide bonds. The Hall–Kier alpha value is -1.81. The third-order valence-electron chi connectivity index (χ3n) is 2.73. The van der Waals surface area contributed by atoms with Gasteiger partial charge in [0.05, 0.1) is 21.3 Å². The van der Waals surface area contributed by atoms with Crippen molar-refractivity contribution in [3.8, 4) is 0 Å². The van der Waals surface area contributed by atoms with Gasteiger partial charge in [-0.15, -0.1) is 0 Å². The number of aromatic amines is 1. The van der Waals surface area contributed by atoms with Gasteiger partial charge < -0.3 is 4.98 Å². The van der Waals surface area contributed by atoms with Crippen LogP contribution in [0.15, 0.2) is 53.7 Å². The number of pyridine rings is 1. The molecule has 2 heterocycles. The van der Waals surface area contributed by atoms with E-state index in [1.54, 1.807) is 11.8 Å². The van der Waals surface area contributed by atoms with Crippen LogP contribution in [0.25, 0.3) is 11.0 Å². The Labute approximate surface area is 110 Å². The van der Waals surface area contributed by atoms with E-state index in [-0.39, 0.29) is 5.25 Å². The quantitative estimate of drug-likeness (QED) is 0.723. The highest BCUT2D eigenvalue weighted by Gasteiger charge is 2.12. The molecule has 0 radical (unpaired) electrons. The van der Waals surface area contributed by atoms with E-state index >= 15 is 0 Å². The van der Waals surface area contributed by atoms with E-state index in [0.29, 0.717) is 0 Å². The summed E-state index contributed by atoms with van der Waals surface area (Å²) in [7, 11) is 0. The molecule has 0 saturated carbocycles. The van der Waals surface area contributed by atoms with Crippen molar-refractivity contribution in [3.63, 3.8) is 0 Å². The number of imidazole rings is 1. The van der Waals surface area contributed by atoms with Gasteiger partial charge in [0.2, 0.25) is 0 Å². The van der Waals surface area contributed by atoms with Gasteiger partial charge in [-0.25, -0.2) is 9.97 Å². The maximum atomic E-state index is 4.60. The first-order chi connectivity index (χ1) is 8.83. The Morgan fingerprint density at radius 1 is 1.11 bits per heavy atom. The van der Waals surface area contributed by atoms with Crippen LogP contribution in [-0.4, -0.2) is 15.0 Å². The Bertz CT molecular complexity index is 615. The predicted molar refractivity (Wildman–Crippen MR) is 74.6 cm³/mol. The minimum absolute atomic E-state index is 0.257. The Balaban J connectivity index is 1.86. The number of para-hydroxylation sites is 2. The summed E-state index contributed by atoms with van der Waals surface area (Å²) < 4.78 is 0. The standard InChI is InChI=1S/C14H13N3S/c1-10(18-13-8-4-5-9-15-13)14-16-11-6-2-3-7-12(11)17-14/h2-10H,1H3,(H,16,17). The van der Waals surface area contributed by atoms with Crippen molar-refractivity contribution in [3.05, 3.63) is 54.5 Å². The van der Waals surface area contributed by atoms with Crippen molar-refractivity contribution in [2.45, 2.75) is 17.2 Å². The number of hydrogen-bond acceptors (Lipinski definition) is 3. The molecule has 3 rings (SSSR count). The summed E-state index contributed by atoms with van der Waals surface area (Å²) in [4.78, 5) is 12.3. The molecule has 1 atom stereocenters. The van der Waals surface area contributed by atoms with E-state index < -0.39 is 0 Å². The molecule has 0 aliphatic carbocycles. The predicted octanol–water partition coefficient (Wildman–Crippen LogP) is 3.81. The number of fused-ring (bicyclic) bond motifs is 1. The fraction of sp³-hybridized carbons (Fsp3) is 0.143. The highest BCUT2D eigenvalue weighted by molar-refractivity contribution is 7.99.